The van der Waals surface area contributed by atoms with E-state index in [1.54, 1.807) is 12.1 Å². The van der Waals surface area contributed by atoms with Crippen molar-refractivity contribution in [2.75, 3.05) is 22.2 Å². The second kappa shape index (κ2) is 8.36. The van der Waals surface area contributed by atoms with E-state index in [4.69, 9.17) is 0 Å². The second-order valence-corrected chi connectivity index (χ2v) is 10.9. The summed E-state index contributed by atoms with van der Waals surface area (Å²) in [5.41, 5.74) is 3.56. The van der Waals surface area contributed by atoms with Crippen molar-refractivity contribution in [2.45, 2.75) is 38.7 Å². The van der Waals surface area contributed by atoms with Gasteiger partial charge in [0, 0.05) is 37.9 Å². The summed E-state index contributed by atoms with van der Waals surface area (Å²) in [7, 11) is -2.59. The summed E-state index contributed by atoms with van der Waals surface area (Å²) >= 11 is 0. The van der Waals surface area contributed by atoms with E-state index < -0.39 is 22.0 Å². The Morgan fingerprint density at radius 3 is 2.69 bits per heavy atom. The number of alkyl halides is 2. The first-order chi connectivity index (χ1) is 16.6. The van der Waals surface area contributed by atoms with Crippen LogP contribution in [0.25, 0.3) is 11.3 Å². The highest BCUT2D eigenvalue weighted by atomic mass is 32.2. The molecule has 35 heavy (non-hydrogen) atoms. The molecular weight excluding hydrogens is 478 g/mol. The van der Waals surface area contributed by atoms with Crippen molar-refractivity contribution in [3.63, 3.8) is 0 Å². The molecule has 0 saturated heterocycles. The Hall–Kier alpha value is -3.41. The molecule has 1 aliphatic heterocycles. The van der Waals surface area contributed by atoms with Crippen molar-refractivity contribution in [2.24, 2.45) is 5.92 Å². The lowest BCUT2D eigenvalue weighted by Gasteiger charge is -2.18. The highest BCUT2D eigenvalue weighted by Gasteiger charge is 2.59. The average Bonchev–Trinajstić information content (AvgIpc) is 3.11. The molecule has 1 unspecified atom stereocenters. The van der Waals surface area contributed by atoms with Gasteiger partial charge in [-0.1, -0.05) is 12.1 Å². The van der Waals surface area contributed by atoms with Crippen LogP contribution in [0.3, 0.4) is 0 Å². The van der Waals surface area contributed by atoms with Crippen LogP contribution in [0.15, 0.2) is 43.0 Å². The SMILES string of the molecule is Cc1ccc(CCC(=O)Cn2cncn2)cc1-c1ccc2c(n1)N(C)S(=O)(=O)N2CC1CC1(F)F. The molecule has 2 aliphatic rings. The van der Waals surface area contributed by atoms with Crippen molar-refractivity contribution in [3.05, 3.63) is 54.1 Å². The Kier molecular flexibility index (Phi) is 5.58. The highest BCUT2D eigenvalue weighted by Crippen LogP contribution is 2.51. The van der Waals surface area contributed by atoms with Gasteiger partial charge in [0.2, 0.25) is 0 Å². The van der Waals surface area contributed by atoms with Crippen molar-refractivity contribution in [1.29, 1.82) is 0 Å². The first kappa shape index (κ1) is 23.3. The zero-order valence-electron chi connectivity index (χ0n) is 19.2. The number of Topliss-reactive ketones (excluding diaryl/α,β-unsaturated/α-hetero) is 1. The van der Waals surface area contributed by atoms with Crippen molar-refractivity contribution >= 4 is 27.5 Å². The summed E-state index contributed by atoms with van der Waals surface area (Å²) in [5.74, 6) is -3.57. The Morgan fingerprint density at radius 1 is 1.23 bits per heavy atom. The minimum absolute atomic E-state index is 0.0291. The van der Waals surface area contributed by atoms with Gasteiger partial charge < -0.3 is 0 Å². The fraction of sp³-hybridized carbons (Fsp3) is 0.391. The number of anilines is 2. The van der Waals surface area contributed by atoms with E-state index in [-0.39, 0.29) is 31.1 Å². The van der Waals surface area contributed by atoms with Gasteiger partial charge in [-0.3, -0.25) is 4.79 Å². The van der Waals surface area contributed by atoms with Crippen LogP contribution < -0.4 is 8.61 Å². The van der Waals surface area contributed by atoms with Gasteiger partial charge in [0.15, 0.2) is 11.6 Å². The highest BCUT2D eigenvalue weighted by molar-refractivity contribution is 7.94. The molecule has 3 heterocycles. The maximum absolute atomic E-state index is 13.5. The van der Waals surface area contributed by atoms with Gasteiger partial charge in [-0.05, 0) is 42.7 Å². The van der Waals surface area contributed by atoms with Gasteiger partial charge in [0.25, 0.3) is 5.92 Å². The lowest BCUT2D eigenvalue weighted by Crippen LogP contribution is -2.37. The van der Waals surface area contributed by atoms with Crippen LogP contribution in [0, 0.1) is 12.8 Å². The van der Waals surface area contributed by atoms with Crippen molar-refractivity contribution in [1.82, 2.24) is 19.7 Å². The summed E-state index contributed by atoms with van der Waals surface area (Å²) in [5, 5.41) is 3.94. The van der Waals surface area contributed by atoms with Crippen LogP contribution in [0.1, 0.15) is 24.0 Å². The number of carbonyl (C=O) groups excluding carboxylic acids is 1. The molecular formula is C23H24F2N6O3S. The molecule has 0 spiro atoms. The predicted octanol–water partition coefficient (Wildman–Crippen LogP) is 3.01. The summed E-state index contributed by atoms with van der Waals surface area (Å²) in [6, 6.07) is 9.14. The molecule has 12 heteroatoms. The number of rotatable bonds is 8. The molecule has 1 aromatic carbocycles. The van der Waals surface area contributed by atoms with Crippen LogP contribution >= 0.6 is 0 Å². The summed E-state index contributed by atoms with van der Waals surface area (Å²) in [6.07, 6.45) is 3.43. The number of aryl methyl sites for hydroxylation is 2. The minimum atomic E-state index is -3.97. The van der Waals surface area contributed by atoms with E-state index in [1.807, 2.05) is 25.1 Å². The molecule has 1 fully saturated rings. The number of ketones is 1. The fourth-order valence-electron chi connectivity index (χ4n) is 4.22. The fourth-order valence-corrected chi connectivity index (χ4v) is 5.63. The number of pyridine rings is 1. The third-order valence-electron chi connectivity index (χ3n) is 6.46. The number of hydrogen-bond acceptors (Lipinski definition) is 6. The molecule has 0 radical (unpaired) electrons. The molecule has 184 valence electrons. The molecule has 0 bridgehead atoms. The molecule has 1 saturated carbocycles. The topological polar surface area (TPSA) is 101 Å². The van der Waals surface area contributed by atoms with Crippen LogP contribution in [0.5, 0.6) is 0 Å². The van der Waals surface area contributed by atoms with Crippen LogP contribution in [-0.4, -0.2) is 53.5 Å². The number of benzene rings is 1. The smallest absolute Gasteiger partial charge is 0.298 e. The lowest BCUT2D eigenvalue weighted by atomic mass is 9.98. The normalized spacial score (nSPS) is 19.6. The first-order valence-corrected chi connectivity index (χ1v) is 12.6. The number of halogens is 2. The quantitative estimate of drug-likeness (QED) is 0.469. The molecule has 0 amide bonds. The van der Waals surface area contributed by atoms with Crippen LogP contribution in [0.4, 0.5) is 20.3 Å². The number of fused-ring (bicyclic) bond motifs is 1. The Labute approximate surface area is 201 Å². The molecule has 2 aromatic heterocycles. The van der Waals surface area contributed by atoms with Crippen LogP contribution in [0.2, 0.25) is 0 Å². The van der Waals surface area contributed by atoms with E-state index in [0.717, 1.165) is 25.3 Å². The number of nitrogens with zero attached hydrogens (tertiary/aromatic N) is 6. The number of hydrogen-bond donors (Lipinski definition) is 0. The lowest BCUT2D eigenvalue weighted by molar-refractivity contribution is -0.119. The standard InChI is InChI=1S/C23H24F2N6O3S/c1-15-3-4-16(5-6-18(32)12-30-14-26-13-27-30)9-19(15)20-7-8-21-22(28-20)29(2)35(33,34)31(21)11-17-10-23(17,24)25/h3-4,7-9,13-14,17H,5-6,10-12H2,1-2H3. The predicted molar refractivity (Wildman–Crippen MR) is 125 cm³/mol. The molecule has 1 aliphatic carbocycles. The monoisotopic (exact) mass is 502 g/mol. The molecule has 0 N–H and O–H groups in total. The van der Waals surface area contributed by atoms with Gasteiger partial charge in [0.05, 0.1) is 11.4 Å². The zero-order chi connectivity index (χ0) is 25.0. The molecule has 1 atom stereocenters. The Morgan fingerprint density at radius 2 is 2.00 bits per heavy atom. The maximum Gasteiger partial charge on any atom is 0.327 e. The average molecular weight is 503 g/mol. The van der Waals surface area contributed by atoms with E-state index in [2.05, 4.69) is 15.1 Å². The summed E-state index contributed by atoms with van der Waals surface area (Å²) < 4.78 is 56.2. The number of carbonyl (C=O) groups is 1. The molecule has 5 rings (SSSR count). The van der Waals surface area contributed by atoms with Crippen molar-refractivity contribution < 1.29 is 22.0 Å². The third-order valence-corrected chi connectivity index (χ3v) is 8.23. The van der Waals surface area contributed by atoms with Gasteiger partial charge in [-0.2, -0.15) is 13.5 Å². The minimum Gasteiger partial charge on any atom is -0.298 e. The van der Waals surface area contributed by atoms with Crippen LogP contribution in [-0.2, 0) is 28.0 Å². The van der Waals surface area contributed by atoms with E-state index in [1.165, 1.54) is 24.4 Å². The van der Waals surface area contributed by atoms with Crippen molar-refractivity contribution in [3.8, 4) is 11.3 Å². The number of aromatic nitrogens is 4. The van der Waals surface area contributed by atoms with E-state index in [9.17, 15) is 22.0 Å². The zero-order valence-corrected chi connectivity index (χ0v) is 20.0. The van der Waals surface area contributed by atoms with Gasteiger partial charge in [-0.15, -0.1) is 0 Å². The first-order valence-electron chi connectivity index (χ1n) is 11.2. The van der Waals surface area contributed by atoms with Gasteiger partial charge in [-0.25, -0.2) is 32.0 Å². The third kappa shape index (κ3) is 4.38. The van der Waals surface area contributed by atoms with Gasteiger partial charge in [0.1, 0.15) is 19.2 Å². The van der Waals surface area contributed by atoms with E-state index in [0.29, 0.717) is 24.2 Å². The molecule has 3 aromatic rings. The maximum atomic E-state index is 13.5. The second-order valence-electron chi connectivity index (χ2n) is 8.99. The summed E-state index contributed by atoms with van der Waals surface area (Å²) in [6.45, 7) is 1.81. The van der Waals surface area contributed by atoms with E-state index >= 15 is 0 Å². The van der Waals surface area contributed by atoms with Gasteiger partial charge >= 0.3 is 10.2 Å². The Balaban J connectivity index is 1.37. The Bertz CT molecular complexity index is 1390. The largest absolute Gasteiger partial charge is 0.327 e. The summed E-state index contributed by atoms with van der Waals surface area (Å²) in [4.78, 5) is 20.7. The molecule has 9 nitrogen and oxygen atoms in total.